The summed E-state index contributed by atoms with van der Waals surface area (Å²) < 4.78 is 6.01. The standard InChI is InChI=1S/C22H24N4O2/c23-22-25-17(16-8-5-11-24-13-16)12-18(26-22)21-19(27)9-4-10-20(21)28-14-15-6-2-1-3-7-15/h1-4,6-7,9-10,12,16,24,27H,5,8,11,13-14H2,(H2,23,25,26). The monoisotopic (exact) mass is 376 g/mol. The summed E-state index contributed by atoms with van der Waals surface area (Å²) in [6.45, 7) is 2.30. The number of anilines is 1. The first-order valence-corrected chi connectivity index (χ1v) is 9.55. The Morgan fingerprint density at radius 1 is 1.11 bits per heavy atom. The number of nitrogens with one attached hydrogen (secondary N) is 1. The zero-order chi connectivity index (χ0) is 19.3. The zero-order valence-electron chi connectivity index (χ0n) is 15.6. The Kier molecular flexibility index (Phi) is 5.39. The number of hydrogen-bond donors (Lipinski definition) is 3. The minimum absolute atomic E-state index is 0.108. The van der Waals surface area contributed by atoms with Crippen molar-refractivity contribution in [2.75, 3.05) is 18.8 Å². The van der Waals surface area contributed by atoms with Crippen LogP contribution in [0, 0.1) is 0 Å². The number of phenolic OH excluding ortho intramolecular Hbond substituents is 1. The first-order valence-electron chi connectivity index (χ1n) is 9.55. The molecule has 0 spiro atoms. The lowest BCUT2D eigenvalue weighted by molar-refractivity contribution is 0.306. The van der Waals surface area contributed by atoms with E-state index in [1.807, 2.05) is 42.5 Å². The topological polar surface area (TPSA) is 93.3 Å². The fraction of sp³-hybridized carbons (Fsp3) is 0.273. The van der Waals surface area contributed by atoms with Crippen molar-refractivity contribution in [2.24, 2.45) is 0 Å². The van der Waals surface area contributed by atoms with Crippen LogP contribution in [0.1, 0.15) is 30.0 Å². The van der Waals surface area contributed by atoms with E-state index in [9.17, 15) is 5.11 Å². The Labute approximate surface area is 164 Å². The van der Waals surface area contributed by atoms with Crippen molar-refractivity contribution in [1.82, 2.24) is 15.3 Å². The molecule has 28 heavy (non-hydrogen) atoms. The third kappa shape index (κ3) is 4.07. The number of phenols is 1. The molecule has 0 radical (unpaired) electrons. The highest BCUT2D eigenvalue weighted by Crippen LogP contribution is 2.38. The molecule has 0 aliphatic carbocycles. The fourth-order valence-electron chi connectivity index (χ4n) is 3.56. The van der Waals surface area contributed by atoms with Gasteiger partial charge in [0.05, 0.1) is 17.0 Å². The third-order valence-corrected chi connectivity index (χ3v) is 4.98. The minimum Gasteiger partial charge on any atom is -0.507 e. The molecule has 1 fully saturated rings. The molecule has 144 valence electrons. The van der Waals surface area contributed by atoms with Crippen LogP contribution in [0.25, 0.3) is 11.3 Å². The van der Waals surface area contributed by atoms with Crippen LogP contribution in [-0.4, -0.2) is 28.2 Å². The molecular weight excluding hydrogens is 352 g/mol. The lowest BCUT2D eigenvalue weighted by atomic mass is 9.94. The largest absolute Gasteiger partial charge is 0.507 e. The van der Waals surface area contributed by atoms with Gasteiger partial charge < -0.3 is 20.9 Å². The first-order chi connectivity index (χ1) is 13.7. The molecule has 1 saturated heterocycles. The summed E-state index contributed by atoms with van der Waals surface area (Å²) in [5, 5.41) is 13.9. The van der Waals surface area contributed by atoms with E-state index in [1.54, 1.807) is 12.1 Å². The number of aromatic nitrogens is 2. The van der Waals surface area contributed by atoms with Gasteiger partial charge in [-0.3, -0.25) is 0 Å². The number of nitrogens with zero attached hydrogens (tertiary/aromatic N) is 2. The molecule has 1 unspecified atom stereocenters. The summed E-state index contributed by atoms with van der Waals surface area (Å²) in [6, 6.07) is 17.0. The van der Waals surface area contributed by atoms with Gasteiger partial charge in [0.2, 0.25) is 5.95 Å². The van der Waals surface area contributed by atoms with Gasteiger partial charge in [-0.1, -0.05) is 36.4 Å². The number of piperidine rings is 1. The maximum atomic E-state index is 10.5. The second kappa shape index (κ2) is 8.27. The Morgan fingerprint density at radius 2 is 1.96 bits per heavy atom. The van der Waals surface area contributed by atoms with Gasteiger partial charge in [0, 0.05) is 12.5 Å². The molecule has 0 amide bonds. The highest BCUT2D eigenvalue weighted by Gasteiger charge is 2.21. The second-order valence-electron chi connectivity index (χ2n) is 7.00. The van der Waals surface area contributed by atoms with Gasteiger partial charge >= 0.3 is 0 Å². The third-order valence-electron chi connectivity index (χ3n) is 4.98. The summed E-state index contributed by atoms with van der Waals surface area (Å²) in [4.78, 5) is 8.82. The van der Waals surface area contributed by atoms with Crippen molar-refractivity contribution in [1.29, 1.82) is 0 Å². The molecule has 1 atom stereocenters. The minimum atomic E-state index is 0.108. The highest BCUT2D eigenvalue weighted by molar-refractivity contribution is 5.74. The molecule has 1 aromatic heterocycles. The quantitative estimate of drug-likeness (QED) is 0.631. The zero-order valence-corrected chi connectivity index (χ0v) is 15.6. The molecule has 3 aromatic rings. The molecule has 4 rings (SSSR count). The maximum absolute atomic E-state index is 10.5. The van der Waals surface area contributed by atoms with Crippen molar-refractivity contribution < 1.29 is 9.84 Å². The predicted molar refractivity (Wildman–Crippen MR) is 109 cm³/mol. The molecule has 6 heteroatoms. The summed E-state index contributed by atoms with van der Waals surface area (Å²) in [7, 11) is 0. The maximum Gasteiger partial charge on any atom is 0.220 e. The van der Waals surface area contributed by atoms with Crippen LogP contribution in [-0.2, 0) is 6.61 Å². The van der Waals surface area contributed by atoms with Crippen molar-refractivity contribution in [2.45, 2.75) is 25.4 Å². The van der Waals surface area contributed by atoms with E-state index >= 15 is 0 Å². The Morgan fingerprint density at radius 3 is 2.75 bits per heavy atom. The lowest BCUT2D eigenvalue weighted by Gasteiger charge is -2.23. The summed E-state index contributed by atoms with van der Waals surface area (Å²) in [5.74, 6) is 1.17. The summed E-state index contributed by atoms with van der Waals surface area (Å²) in [5.41, 5.74) is 9.07. The van der Waals surface area contributed by atoms with Crippen molar-refractivity contribution >= 4 is 5.95 Å². The molecule has 2 aromatic carbocycles. The van der Waals surface area contributed by atoms with Crippen LogP contribution in [0.2, 0.25) is 0 Å². The summed E-state index contributed by atoms with van der Waals surface area (Å²) >= 11 is 0. The van der Waals surface area contributed by atoms with Gasteiger partial charge in [-0.15, -0.1) is 0 Å². The van der Waals surface area contributed by atoms with E-state index in [0.29, 0.717) is 23.6 Å². The van der Waals surface area contributed by atoms with E-state index in [1.165, 1.54) is 0 Å². The van der Waals surface area contributed by atoms with Crippen molar-refractivity contribution in [3.8, 4) is 22.8 Å². The molecule has 0 saturated carbocycles. The van der Waals surface area contributed by atoms with Crippen LogP contribution in [0.4, 0.5) is 5.95 Å². The van der Waals surface area contributed by atoms with Gasteiger partial charge in [-0.25, -0.2) is 9.97 Å². The molecule has 1 aliphatic rings. The van der Waals surface area contributed by atoms with Gasteiger partial charge in [0.15, 0.2) is 0 Å². The van der Waals surface area contributed by atoms with Gasteiger partial charge in [-0.05, 0) is 43.1 Å². The second-order valence-corrected chi connectivity index (χ2v) is 7.00. The average molecular weight is 376 g/mol. The van der Waals surface area contributed by atoms with E-state index in [-0.39, 0.29) is 17.6 Å². The number of benzene rings is 2. The van der Waals surface area contributed by atoms with Crippen LogP contribution in [0.5, 0.6) is 11.5 Å². The number of nitrogen functional groups attached to an aromatic ring is 1. The van der Waals surface area contributed by atoms with Crippen LogP contribution < -0.4 is 15.8 Å². The predicted octanol–water partition coefficient (Wildman–Crippen LogP) is 3.48. The van der Waals surface area contributed by atoms with E-state index in [4.69, 9.17) is 10.5 Å². The van der Waals surface area contributed by atoms with Crippen LogP contribution in [0.15, 0.2) is 54.6 Å². The van der Waals surface area contributed by atoms with Crippen molar-refractivity contribution in [3.05, 3.63) is 65.9 Å². The molecular formula is C22H24N4O2. The van der Waals surface area contributed by atoms with Gasteiger partial charge in [0.25, 0.3) is 0 Å². The smallest absolute Gasteiger partial charge is 0.220 e. The molecule has 2 heterocycles. The normalized spacial score (nSPS) is 16.6. The van der Waals surface area contributed by atoms with Crippen LogP contribution >= 0.6 is 0 Å². The van der Waals surface area contributed by atoms with Crippen molar-refractivity contribution in [3.63, 3.8) is 0 Å². The number of rotatable bonds is 5. The summed E-state index contributed by atoms with van der Waals surface area (Å²) in [6.07, 6.45) is 2.16. The van der Waals surface area contributed by atoms with E-state index < -0.39 is 0 Å². The van der Waals surface area contributed by atoms with E-state index in [2.05, 4.69) is 15.3 Å². The number of ether oxygens (including phenoxy) is 1. The number of aromatic hydroxyl groups is 1. The molecule has 4 N–H and O–H groups in total. The number of nitrogens with two attached hydrogens (primary N) is 1. The van der Waals surface area contributed by atoms with Gasteiger partial charge in [-0.2, -0.15) is 0 Å². The Bertz CT molecular complexity index is 941. The van der Waals surface area contributed by atoms with Crippen LogP contribution in [0.3, 0.4) is 0 Å². The molecule has 6 nitrogen and oxygen atoms in total. The van der Waals surface area contributed by atoms with Gasteiger partial charge in [0.1, 0.15) is 18.1 Å². The lowest BCUT2D eigenvalue weighted by Crippen LogP contribution is -2.29. The highest BCUT2D eigenvalue weighted by atomic mass is 16.5. The first kappa shape index (κ1) is 18.3. The number of hydrogen-bond acceptors (Lipinski definition) is 6. The Hall–Kier alpha value is -3.12. The molecule has 0 bridgehead atoms. The molecule has 1 aliphatic heterocycles. The fourth-order valence-corrected chi connectivity index (χ4v) is 3.56. The Balaban J connectivity index is 1.67. The van der Waals surface area contributed by atoms with E-state index in [0.717, 1.165) is 37.2 Å². The average Bonchev–Trinajstić information content (AvgIpc) is 2.73. The SMILES string of the molecule is Nc1nc(-c2c(O)cccc2OCc2ccccc2)cc(C2CCCNC2)n1.